The van der Waals surface area contributed by atoms with Crippen molar-refractivity contribution < 1.29 is 14.3 Å². The van der Waals surface area contributed by atoms with Crippen molar-refractivity contribution in [1.29, 1.82) is 0 Å². The number of ether oxygens (including phenoxy) is 1. The van der Waals surface area contributed by atoms with Crippen LogP contribution in [-0.4, -0.2) is 57.6 Å². The largest absolute Gasteiger partial charge is 0.469 e. The van der Waals surface area contributed by atoms with E-state index in [0.717, 1.165) is 41.1 Å². The second kappa shape index (κ2) is 9.56. The number of hydrogen-bond acceptors (Lipinski definition) is 6. The summed E-state index contributed by atoms with van der Waals surface area (Å²) >= 11 is 6.42. The summed E-state index contributed by atoms with van der Waals surface area (Å²) in [6.45, 7) is 3.26. The van der Waals surface area contributed by atoms with E-state index in [-0.39, 0.29) is 30.8 Å². The maximum Gasteiger partial charge on any atom is 0.306 e. The van der Waals surface area contributed by atoms with E-state index in [4.69, 9.17) is 16.6 Å². The van der Waals surface area contributed by atoms with Gasteiger partial charge < -0.3 is 15.0 Å². The van der Waals surface area contributed by atoms with Crippen molar-refractivity contribution in [3.8, 4) is 11.3 Å². The molecule has 32 heavy (non-hydrogen) atoms. The molecule has 2 aromatic heterocycles. The molecular weight excluding hydrogens is 430 g/mol. The Kier molecular flexibility index (Phi) is 6.60. The number of benzene rings is 1. The van der Waals surface area contributed by atoms with E-state index >= 15 is 0 Å². The van der Waals surface area contributed by atoms with Crippen molar-refractivity contribution in [3.05, 3.63) is 47.1 Å². The standard InChI is InChI=1S/C23H26ClN5O3/c1-15-14-25-29-20(13-19(27-23(15)29)17-5-3-4-6-18(17)24)26-16-9-11-28(12-10-16)21(30)7-8-22(31)32-2/h3-6,13-14,16,26H,7-12H2,1-2H3. The highest BCUT2D eigenvalue weighted by molar-refractivity contribution is 6.33. The van der Waals surface area contributed by atoms with Crippen molar-refractivity contribution in [2.24, 2.45) is 0 Å². The van der Waals surface area contributed by atoms with Crippen molar-refractivity contribution >= 4 is 34.9 Å². The molecule has 4 rings (SSSR count). The molecule has 1 fully saturated rings. The molecular formula is C23H26ClN5O3. The monoisotopic (exact) mass is 455 g/mol. The minimum absolute atomic E-state index is 0.0103. The van der Waals surface area contributed by atoms with E-state index in [1.165, 1.54) is 7.11 Å². The molecule has 1 aliphatic heterocycles. The van der Waals surface area contributed by atoms with Gasteiger partial charge in [-0.1, -0.05) is 29.8 Å². The number of rotatable bonds is 6. The lowest BCUT2D eigenvalue weighted by Crippen LogP contribution is -2.42. The van der Waals surface area contributed by atoms with Gasteiger partial charge in [-0.3, -0.25) is 9.59 Å². The quantitative estimate of drug-likeness (QED) is 0.570. The van der Waals surface area contributed by atoms with Gasteiger partial charge in [-0.05, 0) is 25.8 Å². The SMILES string of the molecule is COC(=O)CCC(=O)N1CCC(Nc2cc(-c3ccccc3Cl)nc3c(C)cnn23)CC1. The summed E-state index contributed by atoms with van der Waals surface area (Å²) in [7, 11) is 1.33. The van der Waals surface area contributed by atoms with Crippen molar-refractivity contribution in [1.82, 2.24) is 19.5 Å². The minimum atomic E-state index is -0.361. The Morgan fingerprint density at radius 1 is 1.22 bits per heavy atom. The zero-order valence-electron chi connectivity index (χ0n) is 18.2. The third-order valence-electron chi connectivity index (χ3n) is 5.77. The molecule has 1 N–H and O–H groups in total. The van der Waals surface area contributed by atoms with Crippen LogP contribution in [0.4, 0.5) is 5.82 Å². The summed E-state index contributed by atoms with van der Waals surface area (Å²) in [5, 5.41) is 8.72. The average molecular weight is 456 g/mol. The predicted molar refractivity (Wildman–Crippen MR) is 123 cm³/mol. The van der Waals surface area contributed by atoms with E-state index in [2.05, 4.69) is 15.2 Å². The van der Waals surface area contributed by atoms with Crippen LogP contribution >= 0.6 is 11.6 Å². The molecule has 168 valence electrons. The number of fused-ring (bicyclic) bond motifs is 1. The van der Waals surface area contributed by atoms with Gasteiger partial charge in [-0.25, -0.2) is 4.98 Å². The fourth-order valence-corrected chi connectivity index (χ4v) is 4.17. The number of amides is 1. The lowest BCUT2D eigenvalue weighted by atomic mass is 10.0. The fraction of sp³-hybridized carbons (Fsp3) is 0.391. The summed E-state index contributed by atoms with van der Waals surface area (Å²) in [6, 6.07) is 9.80. The second-order valence-electron chi connectivity index (χ2n) is 7.94. The van der Waals surface area contributed by atoms with Gasteiger partial charge in [0.25, 0.3) is 0 Å². The normalized spacial score (nSPS) is 14.5. The number of halogens is 1. The summed E-state index contributed by atoms with van der Waals surface area (Å²) in [6.07, 6.45) is 3.70. The first-order chi connectivity index (χ1) is 15.5. The van der Waals surface area contributed by atoms with Crippen LogP contribution in [-0.2, 0) is 14.3 Å². The molecule has 0 atom stereocenters. The molecule has 1 amide bonds. The predicted octanol–water partition coefficient (Wildman–Crippen LogP) is 3.71. The summed E-state index contributed by atoms with van der Waals surface area (Å²) in [5.41, 5.74) is 3.41. The van der Waals surface area contributed by atoms with Crippen molar-refractivity contribution in [2.45, 2.75) is 38.6 Å². The maximum atomic E-state index is 12.4. The zero-order valence-corrected chi connectivity index (χ0v) is 18.9. The maximum absolute atomic E-state index is 12.4. The molecule has 0 saturated carbocycles. The van der Waals surface area contributed by atoms with Gasteiger partial charge in [-0.15, -0.1) is 0 Å². The third kappa shape index (κ3) is 4.70. The lowest BCUT2D eigenvalue weighted by Gasteiger charge is -2.33. The smallest absolute Gasteiger partial charge is 0.306 e. The van der Waals surface area contributed by atoms with Gasteiger partial charge in [0, 0.05) is 47.8 Å². The van der Waals surface area contributed by atoms with Crippen LogP contribution < -0.4 is 5.32 Å². The molecule has 1 saturated heterocycles. The molecule has 1 aromatic carbocycles. The van der Waals surface area contributed by atoms with Crippen molar-refractivity contribution in [2.75, 3.05) is 25.5 Å². The van der Waals surface area contributed by atoms with E-state index in [0.29, 0.717) is 18.1 Å². The van der Waals surface area contributed by atoms with Gasteiger partial charge in [0.15, 0.2) is 5.65 Å². The van der Waals surface area contributed by atoms with Gasteiger partial charge >= 0.3 is 5.97 Å². The van der Waals surface area contributed by atoms with Crippen LogP contribution in [0.25, 0.3) is 16.9 Å². The number of hydrogen-bond donors (Lipinski definition) is 1. The van der Waals surface area contributed by atoms with Crippen LogP contribution in [0.3, 0.4) is 0 Å². The van der Waals surface area contributed by atoms with E-state index in [9.17, 15) is 9.59 Å². The van der Waals surface area contributed by atoms with Crippen LogP contribution in [0.1, 0.15) is 31.2 Å². The highest BCUT2D eigenvalue weighted by atomic mass is 35.5. The Morgan fingerprint density at radius 2 is 1.97 bits per heavy atom. The number of piperidine rings is 1. The van der Waals surface area contributed by atoms with Crippen LogP contribution in [0.15, 0.2) is 36.5 Å². The number of nitrogens with one attached hydrogen (secondary N) is 1. The fourth-order valence-electron chi connectivity index (χ4n) is 3.93. The van der Waals surface area contributed by atoms with Gasteiger partial charge in [0.1, 0.15) is 5.82 Å². The Hall–Kier alpha value is -3.13. The van der Waals surface area contributed by atoms with Gasteiger partial charge in [0.05, 0.1) is 25.4 Å². The first kappa shape index (κ1) is 22.1. The lowest BCUT2D eigenvalue weighted by molar-refractivity contribution is -0.143. The van der Waals surface area contributed by atoms with Crippen LogP contribution in [0.2, 0.25) is 5.02 Å². The number of anilines is 1. The molecule has 8 nitrogen and oxygen atoms in total. The second-order valence-corrected chi connectivity index (χ2v) is 8.35. The third-order valence-corrected chi connectivity index (χ3v) is 6.10. The summed E-state index contributed by atoms with van der Waals surface area (Å²) < 4.78 is 6.42. The number of aromatic nitrogens is 3. The zero-order chi connectivity index (χ0) is 22.7. The average Bonchev–Trinajstić information content (AvgIpc) is 3.19. The molecule has 1 aliphatic rings. The Balaban J connectivity index is 1.49. The molecule has 0 bridgehead atoms. The number of nitrogens with zero attached hydrogens (tertiary/aromatic N) is 4. The van der Waals surface area contributed by atoms with E-state index < -0.39 is 0 Å². The molecule has 9 heteroatoms. The molecule has 0 aliphatic carbocycles. The number of esters is 1. The van der Waals surface area contributed by atoms with E-state index in [1.807, 2.05) is 46.7 Å². The molecule has 3 aromatic rings. The topological polar surface area (TPSA) is 88.8 Å². The Labute approximate surface area is 191 Å². The molecule has 0 radical (unpaired) electrons. The number of carbonyl (C=O) groups excluding carboxylic acids is 2. The highest BCUT2D eigenvalue weighted by Crippen LogP contribution is 2.30. The first-order valence-electron chi connectivity index (χ1n) is 10.7. The van der Waals surface area contributed by atoms with Crippen LogP contribution in [0.5, 0.6) is 0 Å². The number of aryl methyl sites for hydroxylation is 1. The minimum Gasteiger partial charge on any atom is -0.469 e. The van der Waals surface area contributed by atoms with E-state index in [1.54, 1.807) is 6.20 Å². The molecule has 0 unspecified atom stereocenters. The summed E-state index contributed by atoms with van der Waals surface area (Å²) in [5.74, 6) is 0.470. The Bertz CT molecular complexity index is 1140. The number of likely N-dealkylation sites (tertiary alicyclic amines) is 1. The number of carbonyl (C=O) groups is 2. The van der Waals surface area contributed by atoms with Gasteiger partial charge in [-0.2, -0.15) is 9.61 Å². The number of methoxy groups -OCH3 is 1. The van der Waals surface area contributed by atoms with Crippen LogP contribution in [0, 0.1) is 6.92 Å². The van der Waals surface area contributed by atoms with Gasteiger partial charge in [0.2, 0.25) is 5.91 Å². The molecule has 0 spiro atoms. The highest BCUT2D eigenvalue weighted by Gasteiger charge is 2.24. The Morgan fingerprint density at radius 3 is 2.69 bits per heavy atom. The summed E-state index contributed by atoms with van der Waals surface area (Å²) in [4.78, 5) is 30.2. The van der Waals surface area contributed by atoms with Crippen molar-refractivity contribution in [3.63, 3.8) is 0 Å². The molecule has 3 heterocycles. The first-order valence-corrected chi connectivity index (χ1v) is 11.1.